The first-order chi connectivity index (χ1) is 8.95. The minimum Gasteiger partial charge on any atom is -0.478 e. The first-order valence-corrected chi connectivity index (χ1v) is 6.82. The maximum absolute atomic E-state index is 11.8. The van der Waals surface area contributed by atoms with Crippen molar-refractivity contribution in [3.63, 3.8) is 0 Å². The van der Waals surface area contributed by atoms with E-state index in [2.05, 4.69) is 4.72 Å². The number of hydrogen-bond acceptors (Lipinski definition) is 4. The summed E-state index contributed by atoms with van der Waals surface area (Å²) < 4.78 is 25.8. The van der Waals surface area contributed by atoms with Crippen LogP contribution in [-0.2, 0) is 14.8 Å². The summed E-state index contributed by atoms with van der Waals surface area (Å²) in [5.74, 6) is -1.07. The van der Waals surface area contributed by atoms with Crippen LogP contribution in [0.3, 0.4) is 0 Å². The molecule has 6 nitrogen and oxygen atoms in total. The van der Waals surface area contributed by atoms with E-state index in [-0.39, 0.29) is 17.9 Å². The van der Waals surface area contributed by atoms with E-state index in [4.69, 9.17) is 10.4 Å². The van der Waals surface area contributed by atoms with Gasteiger partial charge in [0.25, 0.3) is 0 Å². The molecule has 19 heavy (non-hydrogen) atoms. The number of nitrogens with one attached hydrogen (secondary N) is 1. The molecular weight excluding hydrogens is 268 g/mol. The molecule has 100 valence electrons. The van der Waals surface area contributed by atoms with Gasteiger partial charge >= 0.3 is 5.97 Å². The summed E-state index contributed by atoms with van der Waals surface area (Å²) in [6.07, 6.45) is 2.43. The Morgan fingerprint density at radius 3 is 2.53 bits per heavy atom. The average Bonchev–Trinajstić information content (AvgIpc) is 2.37. The monoisotopic (exact) mass is 280 g/mol. The first-order valence-electron chi connectivity index (χ1n) is 5.33. The van der Waals surface area contributed by atoms with Crippen molar-refractivity contribution in [2.75, 3.05) is 6.54 Å². The normalized spacial score (nSPS) is 11.3. The van der Waals surface area contributed by atoms with Gasteiger partial charge < -0.3 is 5.11 Å². The highest BCUT2D eigenvalue weighted by Gasteiger charge is 2.12. The van der Waals surface area contributed by atoms with Gasteiger partial charge in [-0.15, -0.1) is 0 Å². The quantitative estimate of drug-likeness (QED) is 0.596. The molecule has 0 bridgehead atoms. The van der Waals surface area contributed by atoms with Gasteiger partial charge in [0.15, 0.2) is 0 Å². The van der Waals surface area contributed by atoms with Crippen LogP contribution >= 0.6 is 0 Å². The molecular formula is C12H12N2O4S. The van der Waals surface area contributed by atoms with Gasteiger partial charge in [-0.1, -0.05) is 12.1 Å². The number of carboxylic acid groups (broad SMARTS) is 1. The fourth-order valence-corrected chi connectivity index (χ4v) is 2.28. The SMILES string of the molecule is N#CCCNS(=O)(=O)c1ccc(C=CC(=O)O)cc1. The van der Waals surface area contributed by atoms with E-state index in [1.165, 1.54) is 30.3 Å². The van der Waals surface area contributed by atoms with Crippen LogP contribution in [0.2, 0.25) is 0 Å². The standard InChI is InChI=1S/C12H12N2O4S/c13-8-1-9-14-19(17,18)11-5-2-10(3-6-11)4-7-12(15)16/h2-7,14H,1,9H2,(H,15,16). The first kappa shape index (κ1) is 14.9. The number of benzene rings is 1. The van der Waals surface area contributed by atoms with Crippen molar-refractivity contribution in [2.45, 2.75) is 11.3 Å². The summed E-state index contributed by atoms with van der Waals surface area (Å²) in [6.45, 7) is 0.0551. The molecule has 0 aromatic heterocycles. The second-order valence-electron chi connectivity index (χ2n) is 3.55. The van der Waals surface area contributed by atoms with E-state index in [9.17, 15) is 13.2 Å². The molecule has 0 aliphatic heterocycles. The molecule has 0 fully saturated rings. The molecule has 0 aliphatic rings. The molecule has 0 radical (unpaired) electrons. The minimum absolute atomic E-state index is 0.0551. The van der Waals surface area contributed by atoms with Crippen LogP contribution in [0.15, 0.2) is 35.2 Å². The Bertz CT molecular complexity index is 612. The lowest BCUT2D eigenvalue weighted by Crippen LogP contribution is -2.24. The molecule has 0 spiro atoms. The molecule has 1 rings (SSSR count). The van der Waals surface area contributed by atoms with Crippen molar-refractivity contribution in [3.05, 3.63) is 35.9 Å². The number of nitriles is 1. The second-order valence-corrected chi connectivity index (χ2v) is 5.31. The number of rotatable bonds is 6. The van der Waals surface area contributed by atoms with Gasteiger partial charge in [-0.25, -0.2) is 17.9 Å². The van der Waals surface area contributed by atoms with Gasteiger partial charge in [0, 0.05) is 19.0 Å². The molecule has 0 unspecified atom stereocenters. The maximum Gasteiger partial charge on any atom is 0.328 e. The van der Waals surface area contributed by atoms with Crippen LogP contribution in [0, 0.1) is 11.3 Å². The number of carbonyl (C=O) groups is 1. The number of nitrogens with zero attached hydrogens (tertiary/aromatic N) is 1. The molecule has 0 amide bonds. The van der Waals surface area contributed by atoms with Gasteiger partial charge in [0.05, 0.1) is 11.0 Å². The van der Waals surface area contributed by atoms with Crippen molar-refractivity contribution in [3.8, 4) is 6.07 Å². The number of hydrogen-bond donors (Lipinski definition) is 2. The van der Waals surface area contributed by atoms with Crippen molar-refractivity contribution < 1.29 is 18.3 Å². The summed E-state index contributed by atoms with van der Waals surface area (Å²) in [4.78, 5) is 10.4. The average molecular weight is 280 g/mol. The van der Waals surface area contributed by atoms with E-state index in [0.717, 1.165) is 6.08 Å². The van der Waals surface area contributed by atoms with Crippen LogP contribution in [0.5, 0.6) is 0 Å². The van der Waals surface area contributed by atoms with E-state index in [0.29, 0.717) is 5.56 Å². The maximum atomic E-state index is 11.8. The van der Waals surface area contributed by atoms with Gasteiger partial charge in [-0.05, 0) is 23.8 Å². The lowest BCUT2D eigenvalue weighted by atomic mass is 10.2. The number of aliphatic carboxylic acids is 1. The zero-order valence-corrected chi connectivity index (χ0v) is 10.7. The number of carboxylic acids is 1. The Hall–Kier alpha value is -2.17. The van der Waals surface area contributed by atoms with Crippen molar-refractivity contribution >= 4 is 22.1 Å². The van der Waals surface area contributed by atoms with E-state index in [1.54, 1.807) is 0 Å². The third-order valence-corrected chi connectivity index (χ3v) is 3.61. The lowest BCUT2D eigenvalue weighted by molar-refractivity contribution is -0.131. The summed E-state index contributed by atoms with van der Waals surface area (Å²) in [6, 6.07) is 7.58. The van der Waals surface area contributed by atoms with Crippen molar-refractivity contribution in [1.82, 2.24) is 4.72 Å². The fourth-order valence-electron chi connectivity index (χ4n) is 1.25. The van der Waals surface area contributed by atoms with Crippen LogP contribution in [0.4, 0.5) is 0 Å². The lowest BCUT2D eigenvalue weighted by Gasteiger charge is -2.05. The molecule has 7 heteroatoms. The molecule has 1 aromatic carbocycles. The molecule has 1 aromatic rings. The Labute approximate surface area is 111 Å². The van der Waals surface area contributed by atoms with Crippen LogP contribution < -0.4 is 4.72 Å². The van der Waals surface area contributed by atoms with Gasteiger partial charge in [0.2, 0.25) is 10.0 Å². The summed E-state index contributed by atoms with van der Waals surface area (Å²) in [5, 5.41) is 16.8. The second kappa shape index (κ2) is 6.68. The summed E-state index contributed by atoms with van der Waals surface area (Å²) >= 11 is 0. The van der Waals surface area contributed by atoms with Gasteiger partial charge in [-0.3, -0.25) is 0 Å². The molecule has 0 heterocycles. The van der Waals surface area contributed by atoms with Crippen molar-refractivity contribution in [2.24, 2.45) is 0 Å². The predicted octanol–water partition coefficient (Wildman–Crippen LogP) is 0.976. The molecule has 0 saturated carbocycles. The highest BCUT2D eigenvalue weighted by Crippen LogP contribution is 2.11. The Kier molecular flexibility index (Phi) is 5.23. The summed E-state index contributed by atoms with van der Waals surface area (Å²) in [5.41, 5.74) is 0.582. The van der Waals surface area contributed by atoms with Gasteiger partial charge in [-0.2, -0.15) is 5.26 Å². The summed E-state index contributed by atoms with van der Waals surface area (Å²) in [7, 11) is -3.62. The topological polar surface area (TPSA) is 107 Å². The van der Waals surface area contributed by atoms with E-state index < -0.39 is 16.0 Å². The van der Waals surface area contributed by atoms with Crippen LogP contribution in [-0.4, -0.2) is 26.0 Å². The predicted molar refractivity (Wildman–Crippen MR) is 68.5 cm³/mol. The Balaban J connectivity index is 2.81. The highest BCUT2D eigenvalue weighted by atomic mass is 32.2. The molecule has 0 aliphatic carbocycles. The number of sulfonamides is 1. The van der Waals surface area contributed by atoms with Crippen molar-refractivity contribution in [1.29, 1.82) is 5.26 Å². The van der Waals surface area contributed by atoms with E-state index >= 15 is 0 Å². The molecule has 0 saturated heterocycles. The smallest absolute Gasteiger partial charge is 0.328 e. The largest absolute Gasteiger partial charge is 0.478 e. The Morgan fingerprint density at radius 1 is 1.37 bits per heavy atom. The molecule has 2 N–H and O–H groups in total. The fraction of sp³-hybridized carbons (Fsp3) is 0.167. The highest BCUT2D eigenvalue weighted by molar-refractivity contribution is 7.89. The third kappa shape index (κ3) is 4.91. The van der Waals surface area contributed by atoms with E-state index in [1.807, 2.05) is 6.07 Å². The van der Waals surface area contributed by atoms with Gasteiger partial charge in [0.1, 0.15) is 0 Å². The Morgan fingerprint density at radius 2 is 2.00 bits per heavy atom. The van der Waals surface area contributed by atoms with Crippen LogP contribution in [0.25, 0.3) is 6.08 Å². The zero-order valence-electron chi connectivity index (χ0n) is 9.91. The molecule has 0 atom stereocenters. The van der Waals surface area contributed by atoms with Crippen LogP contribution in [0.1, 0.15) is 12.0 Å². The minimum atomic E-state index is -3.62. The third-order valence-electron chi connectivity index (χ3n) is 2.14. The zero-order chi connectivity index (χ0) is 14.3.